The van der Waals surface area contributed by atoms with E-state index in [4.69, 9.17) is 15.9 Å². The molecule has 3 N–H and O–H groups in total. The van der Waals surface area contributed by atoms with Crippen molar-refractivity contribution < 1.29 is 4.74 Å². The fraction of sp³-hybridized carbons (Fsp3) is 0.0556. The van der Waals surface area contributed by atoms with Crippen LogP contribution in [0.15, 0.2) is 60.9 Å². The molecule has 0 aliphatic carbocycles. The molecular weight excluding hydrogens is 288 g/mol. The van der Waals surface area contributed by atoms with Crippen LogP contribution in [0.25, 0.3) is 0 Å². The minimum Gasteiger partial charge on any atom is -0.457 e. The summed E-state index contributed by atoms with van der Waals surface area (Å²) in [6, 6.07) is 16.9. The Labute approximate surface area is 134 Å². The third kappa shape index (κ3) is 3.18. The number of nitrogens with zero attached hydrogens (tertiary/aromatic N) is 2. The molecule has 3 aromatic rings. The summed E-state index contributed by atoms with van der Waals surface area (Å²) >= 11 is 0. The molecule has 0 atom stereocenters. The van der Waals surface area contributed by atoms with Crippen LogP contribution in [0.5, 0.6) is 11.5 Å². The SMILES string of the molecule is Cc1ncnc(N)c1C(=N)c1ccc(Oc2ccccc2)cc1. The predicted octanol–water partition coefficient (Wildman–Crippen LogP) is 3.58. The third-order valence-electron chi connectivity index (χ3n) is 3.44. The molecule has 1 aromatic heterocycles. The highest BCUT2D eigenvalue weighted by atomic mass is 16.5. The Balaban J connectivity index is 1.83. The van der Waals surface area contributed by atoms with E-state index in [0.29, 0.717) is 28.5 Å². The van der Waals surface area contributed by atoms with Gasteiger partial charge in [-0.25, -0.2) is 9.97 Å². The summed E-state index contributed by atoms with van der Waals surface area (Å²) in [7, 11) is 0. The highest BCUT2D eigenvalue weighted by molar-refractivity contribution is 6.14. The lowest BCUT2D eigenvalue weighted by Crippen LogP contribution is -2.10. The molecule has 2 aromatic carbocycles. The molecule has 0 aliphatic rings. The molecular formula is C18H16N4O. The average Bonchev–Trinajstić information content (AvgIpc) is 2.56. The van der Waals surface area contributed by atoms with Gasteiger partial charge in [0.25, 0.3) is 0 Å². The smallest absolute Gasteiger partial charge is 0.136 e. The highest BCUT2D eigenvalue weighted by Crippen LogP contribution is 2.23. The second-order valence-corrected chi connectivity index (χ2v) is 5.03. The second-order valence-electron chi connectivity index (χ2n) is 5.03. The summed E-state index contributed by atoms with van der Waals surface area (Å²) in [5.41, 5.74) is 8.15. The van der Waals surface area contributed by atoms with Crippen LogP contribution in [0.2, 0.25) is 0 Å². The number of hydrogen-bond donors (Lipinski definition) is 2. The van der Waals surface area contributed by atoms with E-state index in [-0.39, 0.29) is 0 Å². The lowest BCUT2D eigenvalue weighted by molar-refractivity contribution is 0.482. The van der Waals surface area contributed by atoms with E-state index < -0.39 is 0 Å². The fourth-order valence-electron chi connectivity index (χ4n) is 2.26. The zero-order chi connectivity index (χ0) is 16.2. The van der Waals surface area contributed by atoms with Gasteiger partial charge in [0.2, 0.25) is 0 Å². The van der Waals surface area contributed by atoms with Gasteiger partial charge in [0.05, 0.1) is 17.0 Å². The molecule has 0 unspecified atom stereocenters. The molecule has 0 saturated carbocycles. The summed E-state index contributed by atoms with van der Waals surface area (Å²) in [4.78, 5) is 8.06. The molecule has 0 aliphatic heterocycles. The van der Waals surface area contributed by atoms with Crippen molar-refractivity contribution in [1.29, 1.82) is 5.41 Å². The average molecular weight is 304 g/mol. The first kappa shape index (κ1) is 14.7. The zero-order valence-corrected chi connectivity index (χ0v) is 12.7. The minimum absolute atomic E-state index is 0.298. The number of para-hydroxylation sites is 1. The van der Waals surface area contributed by atoms with Crippen LogP contribution in [-0.4, -0.2) is 15.7 Å². The van der Waals surface area contributed by atoms with Crippen molar-refractivity contribution >= 4 is 11.5 Å². The van der Waals surface area contributed by atoms with Crippen molar-refractivity contribution in [1.82, 2.24) is 9.97 Å². The molecule has 0 bridgehead atoms. The molecule has 0 fully saturated rings. The summed E-state index contributed by atoms with van der Waals surface area (Å²) in [5.74, 6) is 1.79. The van der Waals surface area contributed by atoms with Crippen molar-refractivity contribution in [3.05, 3.63) is 77.7 Å². The van der Waals surface area contributed by atoms with Crippen LogP contribution in [-0.2, 0) is 0 Å². The first-order valence-electron chi connectivity index (χ1n) is 7.14. The van der Waals surface area contributed by atoms with Crippen LogP contribution in [0.4, 0.5) is 5.82 Å². The molecule has 5 nitrogen and oxygen atoms in total. The van der Waals surface area contributed by atoms with E-state index in [0.717, 1.165) is 11.3 Å². The number of ether oxygens (including phenoxy) is 1. The Kier molecular flexibility index (Phi) is 4.01. The quantitative estimate of drug-likeness (QED) is 0.721. The maximum Gasteiger partial charge on any atom is 0.136 e. The second kappa shape index (κ2) is 6.27. The van der Waals surface area contributed by atoms with Crippen LogP contribution < -0.4 is 10.5 Å². The maximum atomic E-state index is 8.34. The molecule has 3 rings (SSSR count). The van der Waals surface area contributed by atoms with Crippen molar-refractivity contribution in [3.8, 4) is 11.5 Å². The molecule has 0 radical (unpaired) electrons. The monoisotopic (exact) mass is 304 g/mol. The first-order chi connectivity index (χ1) is 11.1. The first-order valence-corrected chi connectivity index (χ1v) is 7.14. The van der Waals surface area contributed by atoms with Crippen molar-refractivity contribution in [2.45, 2.75) is 6.92 Å². The Hall–Kier alpha value is -3.21. The number of anilines is 1. The Morgan fingerprint density at radius 1 is 0.957 bits per heavy atom. The van der Waals surface area contributed by atoms with Crippen molar-refractivity contribution in [2.24, 2.45) is 0 Å². The van der Waals surface area contributed by atoms with Gasteiger partial charge in [-0.05, 0) is 43.3 Å². The number of rotatable bonds is 4. The van der Waals surface area contributed by atoms with Crippen LogP contribution in [0.3, 0.4) is 0 Å². The predicted molar refractivity (Wildman–Crippen MR) is 90.1 cm³/mol. The molecule has 5 heteroatoms. The Morgan fingerprint density at radius 3 is 2.26 bits per heavy atom. The summed E-state index contributed by atoms with van der Waals surface area (Å²) in [6.07, 6.45) is 1.40. The van der Waals surface area contributed by atoms with Crippen LogP contribution >= 0.6 is 0 Å². The molecule has 1 heterocycles. The number of nitrogens with two attached hydrogens (primary N) is 1. The minimum atomic E-state index is 0.298. The normalized spacial score (nSPS) is 10.3. The van der Waals surface area contributed by atoms with Gasteiger partial charge in [0, 0.05) is 5.56 Å². The summed E-state index contributed by atoms with van der Waals surface area (Å²) < 4.78 is 5.75. The third-order valence-corrected chi connectivity index (χ3v) is 3.44. The largest absolute Gasteiger partial charge is 0.457 e. The number of nitrogen functional groups attached to an aromatic ring is 1. The van der Waals surface area contributed by atoms with Gasteiger partial charge in [0.1, 0.15) is 23.6 Å². The van der Waals surface area contributed by atoms with Gasteiger partial charge in [-0.3, -0.25) is 5.41 Å². The zero-order valence-electron chi connectivity index (χ0n) is 12.7. The molecule has 23 heavy (non-hydrogen) atoms. The number of benzene rings is 2. The number of hydrogen-bond acceptors (Lipinski definition) is 5. The molecule has 0 saturated heterocycles. The lowest BCUT2D eigenvalue weighted by atomic mass is 10.0. The topological polar surface area (TPSA) is 84.9 Å². The van der Waals surface area contributed by atoms with E-state index in [1.54, 1.807) is 0 Å². The van der Waals surface area contributed by atoms with Crippen LogP contribution in [0.1, 0.15) is 16.8 Å². The van der Waals surface area contributed by atoms with Gasteiger partial charge < -0.3 is 10.5 Å². The Bertz CT molecular complexity index is 809. The Morgan fingerprint density at radius 2 is 1.61 bits per heavy atom. The van der Waals surface area contributed by atoms with E-state index in [1.165, 1.54) is 6.33 Å². The van der Waals surface area contributed by atoms with Crippen LogP contribution in [0, 0.1) is 12.3 Å². The van der Waals surface area contributed by atoms with Gasteiger partial charge >= 0.3 is 0 Å². The number of aromatic nitrogens is 2. The van der Waals surface area contributed by atoms with Gasteiger partial charge in [0.15, 0.2) is 0 Å². The van der Waals surface area contributed by atoms with E-state index in [9.17, 15) is 0 Å². The number of nitrogens with one attached hydrogen (secondary N) is 1. The van der Waals surface area contributed by atoms with E-state index in [1.807, 2.05) is 61.5 Å². The summed E-state index contributed by atoms with van der Waals surface area (Å²) in [5, 5.41) is 8.34. The molecule has 114 valence electrons. The van der Waals surface area contributed by atoms with Crippen molar-refractivity contribution in [3.63, 3.8) is 0 Å². The van der Waals surface area contributed by atoms with Crippen molar-refractivity contribution in [2.75, 3.05) is 5.73 Å². The fourth-order valence-corrected chi connectivity index (χ4v) is 2.26. The number of aryl methyl sites for hydroxylation is 1. The highest BCUT2D eigenvalue weighted by Gasteiger charge is 2.13. The maximum absolute atomic E-state index is 8.34. The summed E-state index contributed by atoms with van der Waals surface area (Å²) in [6.45, 7) is 1.81. The van der Waals surface area contributed by atoms with E-state index in [2.05, 4.69) is 9.97 Å². The molecule has 0 amide bonds. The van der Waals surface area contributed by atoms with Gasteiger partial charge in [-0.15, -0.1) is 0 Å². The van der Waals surface area contributed by atoms with Gasteiger partial charge in [-0.2, -0.15) is 0 Å². The van der Waals surface area contributed by atoms with E-state index >= 15 is 0 Å². The standard InChI is InChI=1S/C18H16N4O/c1-12-16(18(20)22-11-21-12)17(19)13-7-9-15(10-8-13)23-14-5-3-2-4-6-14/h2-11,19H,1H3,(H2,20,21,22). The molecule has 0 spiro atoms. The van der Waals surface area contributed by atoms with Gasteiger partial charge in [-0.1, -0.05) is 18.2 Å². The lowest BCUT2D eigenvalue weighted by Gasteiger charge is -2.10.